The van der Waals surface area contributed by atoms with E-state index in [2.05, 4.69) is 4.98 Å². The lowest BCUT2D eigenvalue weighted by atomic mass is 9.94. The average Bonchev–Trinajstić information content (AvgIpc) is 3.51. The van der Waals surface area contributed by atoms with Gasteiger partial charge in [-0.2, -0.15) is 0 Å². The van der Waals surface area contributed by atoms with Crippen LogP contribution in [0.3, 0.4) is 0 Å². The van der Waals surface area contributed by atoms with E-state index in [-0.39, 0.29) is 23.2 Å². The third kappa shape index (κ3) is 3.53. The van der Waals surface area contributed by atoms with Crippen LogP contribution < -0.4 is 9.64 Å². The third-order valence-electron chi connectivity index (χ3n) is 6.56. The number of thiazole rings is 1. The van der Waals surface area contributed by atoms with E-state index in [0.717, 1.165) is 27.1 Å². The van der Waals surface area contributed by atoms with Gasteiger partial charge < -0.3 is 14.9 Å². The number of carbonyl (C=O) groups excluding carboxylic acids is 2. The number of hydrogen-bond acceptors (Lipinski definition) is 7. The van der Waals surface area contributed by atoms with E-state index in [9.17, 15) is 19.8 Å². The van der Waals surface area contributed by atoms with Gasteiger partial charge in [-0.1, -0.05) is 29.5 Å². The number of nitrogens with zero attached hydrogens (tertiary/aromatic N) is 2. The van der Waals surface area contributed by atoms with Crippen molar-refractivity contribution in [2.45, 2.75) is 32.4 Å². The van der Waals surface area contributed by atoms with Crippen LogP contribution in [0.5, 0.6) is 11.5 Å². The second-order valence-corrected chi connectivity index (χ2v) is 10.2. The fraction of sp³-hybridized carbons (Fsp3) is 0.179. The summed E-state index contributed by atoms with van der Waals surface area (Å²) >= 11 is 1.31. The number of fused-ring (bicyclic) bond motifs is 2. The second kappa shape index (κ2) is 8.20. The summed E-state index contributed by atoms with van der Waals surface area (Å²) in [5.74, 6) is -0.999. The topological polar surface area (TPSA) is 100.0 Å². The molecule has 0 bridgehead atoms. The Morgan fingerprint density at radius 2 is 1.86 bits per heavy atom. The number of ether oxygens (including phenoxy) is 1. The number of aromatic hydroxyl groups is 1. The number of carbonyl (C=O) groups is 2. The molecule has 6 rings (SSSR count). The highest BCUT2D eigenvalue weighted by molar-refractivity contribution is 7.22. The molecule has 0 radical (unpaired) electrons. The van der Waals surface area contributed by atoms with Crippen LogP contribution in [-0.2, 0) is 16.0 Å². The molecule has 180 valence electrons. The van der Waals surface area contributed by atoms with Crippen molar-refractivity contribution in [3.8, 4) is 11.5 Å². The van der Waals surface area contributed by atoms with E-state index in [0.29, 0.717) is 22.7 Å². The zero-order valence-corrected chi connectivity index (χ0v) is 20.4. The Hall–Kier alpha value is -4.17. The van der Waals surface area contributed by atoms with Crippen LogP contribution in [0, 0.1) is 6.92 Å². The number of anilines is 1. The Morgan fingerprint density at radius 1 is 1.08 bits per heavy atom. The van der Waals surface area contributed by atoms with Gasteiger partial charge in [0.15, 0.2) is 5.13 Å². The average molecular weight is 499 g/mol. The highest BCUT2D eigenvalue weighted by atomic mass is 32.1. The first kappa shape index (κ1) is 22.3. The minimum absolute atomic E-state index is 0.0203. The van der Waals surface area contributed by atoms with Crippen LogP contribution in [0.25, 0.3) is 16.0 Å². The van der Waals surface area contributed by atoms with Gasteiger partial charge in [-0.15, -0.1) is 0 Å². The lowest BCUT2D eigenvalue weighted by Crippen LogP contribution is -2.29. The number of aryl methyl sites for hydroxylation is 1. The molecule has 2 N–H and O–H groups in total. The summed E-state index contributed by atoms with van der Waals surface area (Å²) in [5.41, 5.74) is 3.70. The first-order valence-electron chi connectivity index (χ1n) is 11.6. The molecule has 1 saturated heterocycles. The number of aliphatic hydroxyl groups is 1. The molecule has 2 atom stereocenters. The van der Waals surface area contributed by atoms with Gasteiger partial charge in [0.25, 0.3) is 5.78 Å². The molecule has 1 aromatic heterocycles. The van der Waals surface area contributed by atoms with Crippen LogP contribution in [0.4, 0.5) is 5.13 Å². The van der Waals surface area contributed by atoms with E-state index < -0.39 is 17.7 Å². The van der Waals surface area contributed by atoms with Gasteiger partial charge in [-0.25, -0.2) is 4.98 Å². The van der Waals surface area contributed by atoms with Crippen molar-refractivity contribution in [1.82, 2.24) is 4.98 Å². The van der Waals surface area contributed by atoms with Crippen molar-refractivity contribution in [2.24, 2.45) is 0 Å². The lowest BCUT2D eigenvalue weighted by molar-refractivity contribution is -0.132. The monoisotopic (exact) mass is 498 g/mol. The Bertz CT molecular complexity index is 1590. The minimum Gasteiger partial charge on any atom is -0.508 e. The maximum Gasteiger partial charge on any atom is 0.301 e. The molecule has 1 amide bonds. The molecule has 3 heterocycles. The number of rotatable bonds is 3. The molecule has 1 fully saturated rings. The second-order valence-electron chi connectivity index (χ2n) is 9.18. The van der Waals surface area contributed by atoms with Gasteiger partial charge in [0.05, 0.1) is 21.8 Å². The number of phenols is 1. The summed E-state index contributed by atoms with van der Waals surface area (Å²) in [5, 5.41) is 21.6. The van der Waals surface area contributed by atoms with Crippen molar-refractivity contribution < 1.29 is 24.5 Å². The molecule has 3 aromatic carbocycles. The predicted molar refractivity (Wildman–Crippen MR) is 137 cm³/mol. The molecule has 2 aliphatic rings. The van der Waals surface area contributed by atoms with Crippen LogP contribution >= 0.6 is 11.3 Å². The first-order valence-corrected chi connectivity index (χ1v) is 12.4. The third-order valence-corrected chi connectivity index (χ3v) is 7.58. The summed E-state index contributed by atoms with van der Waals surface area (Å²) < 4.78 is 6.65. The smallest absolute Gasteiger partial charge is 0.301 e. The molecule has 7 nitrogen and oxygen atoms in total. The molecule has 36 heavy (non-hydrogen) atoms. The Kier molecular flexibility index (Phi) is 5.08. The van der Waals surface area contributed by atoms with Crippen molar-refractivity contribution >= 4 is 44.1 Å². The van der Waals surface area contributed by atoms with Gasteiger partial charge in [0.2, 0.25) is 0 Å². The quantitative estimate of drug-likeness (QED) is 0.227. The number of aromatic nitrogens is 1. The molecule has 4 aromatic rings. The van der Waals surface area contributed by atoms with Gasteiger partial charge in [-0.3, -0.25) is 14.5 Å². The molecule has 0 aliphatic carbocycles. The van der Waals surface area contributed by atoms with Gasteiger partial charge >= 0.3 is 5.91 Å². The summed E-state index contributed by atoms with van der Waals surface area (Å²) in [4.78, 5) is 32.8. The predicted octanol–water partition coefficient (Wildman–Crippen LogP) is 5.26. The number of Topliss-reactive ketones (excluding diaryl/α,β-unsaturated/α-hetero) is 1. The zero-order chi connectivity index (χ0) is 25.1. The van der Waals surface area contributed by atoms with E-state index in [1.807, 2.05) is 32.0 Å². The van der Waals surface area contributed by atoms with Crippen molar-refractivity contribution in [3.05, 3.63) is 88.5 Å². The van der Waals surface area contributed by atoms with E-state index in [1.54, 1.807) is 30.3 Å². The number of phenolic OH excluding ortho intramolecular Hbond substituents is 1. The van der Waals surface area contributed by atoms with Crippen molar-refractivity contribution in [3.63, 3.8) is 0 Å². The van der Waals surface area contributed by atoms with Gasteiger partial charge in [0.1, 0.15) is 23.4 Å². The molecular weight excluding hydrogens is 476 g/mol. The highest BCUT2D eigenvalue weighted by Gasteiger charge is 2.48. The molecule has 0 spiro atoms. The zero-order valence-electron chi connectivity index (χ0n) is 19.6. The maximum atomic E-state index is 13.4. The minimum atomic E-state index is -0.907. The molecular formula is C28H22N2O5S. The van der Waals surface area contributed by atoms with Crippen molar-refractivity contribution in [1.29, 1.82) is 0 Å². The van der Waals surface area contributed by atoms with Gasteiger partial charge in [-0.05, 0) is 73.0 Å². The number of hydrogen-bond donors (Lipinski definition) is 2. The van der Waals surface area contributed by atoms with Crippen LogP contribution in [0.15, 0.2) is 66.2 Å². The number of ketones is 1. The highest BCUT2D eigenvalue weighted by Crippen LogP contribution is 2.45. The SMILES string of the molecule is Cc1ccc2nc(N3C(=O)C(=O)/C(=C(\O)c4ccc5c(c4)CC(C)O5)C3c3ccc(O)cc3)sc2c1. The number of aliphatic hydroxyl groups excluding tert-OH is 1. The van der Waals surface area contributed by atoms with Crippen LogP contribution in [0.1, 0.15) is 35.2 Å². The first-order chi connectivity index (χ1) is 17.3. The lowest BCUT2D eigenvalue weighted by Gasteiger charge is -2.23. The summed E-state index contributed by atoms with van der Waals surface area (Å²) in [6, 6.07) is 16.4. The Balaban J connectivity index is 1.53. The fourth-order valence-corrected chi connectivity index (χ4v) is 5.94. The van der Waals surface area contributed by atoms with Crippen LogP contribution in [0.2, 0.25) is 0 Å². The maximum absolute atomic E-state index is 13.4. The standard InChI is InChI=1S/C28H22N2O5S/c1-14-3-9-20-22(11-14)36-28(29-20)30-24(16-4-7-19(31)8-5-16)23(26(33)27(30)34)25(32)17-6-10-21-18(13-17)12-15(2)35-21/h3-11,13,15,24,31-32H,12H2,1-2H3/b25-23-. The number of amides is 1. The normalized spacial score (nSPS) is 20.7. The van der Waals surface area contributed by atoms with E-state index >= 15 is 0 Å². The summed E-state index contributed by atoms with van der Waals surface area (Å²) in [6.07, 6.45) is 0.722. The molecule has 0 saturated carbocycles. The van der Waals surface area contributed by atoms with E-state index in [1.165, 1.54) is 28.4 Å². The molecule has 2 aliphatic heterocycles. The van der Waals surface area contributed by atoms with Gasteiger partial charge in [0, 0.05) is 12.0 Å². The van der Waals surface area contributed by atoms with E-state index in [4.69, 9.17) is 4.74 Å². The molecule has 2 unspecified atom stereocenters. The molecule has 8 heteroatoms. The fourth-order valence-electron chi connectivity index (χ4n) is 4.85. The largest absolute Gasteiger partial charge is 0.508 e. The Labute approximate surface area is 210 Å². The Morgan fingerprint density at radius 3 is 2.64 bits per heavy atom. The van der Waals surface area contributed by atoms with Crippen LogP contribution in [-0.4, -0.2) is 33.0 Å². The number of benzene rings is 3. The summed E-state index contributed by atoms with van der Waals surface area (Å²) in [7, 11) is 0. The van der Waals surface area contributed by atoms with Crippen molar-refractivity contribution in [2.75, 3.05) is 4.90 Å². The summed E-state index contributed by atoms with van der Waals surface area (Å²) in [6.45, 7) is 3.94.